The van der Waals surface area contributed by atoms with E-state index in [4.69, 9.17) is 4.42 Å². The van der Waals surface area contributed by atoms with Gasteiger partial charge in [0.2, 0.25) is 11.8 Å². The van der Waals surface area contributed by atoms with Gasteiger partial charge in [0.05, 0.1) is 6.54 Å². The van der Waals surface area contributed by atoms with Crippen LogP contribution in [0, 0.1) is 5.82 Å². The Balaban J connectivity index is 1.47. The van der Waals surface area contributed by atoms with Gasteiger partial charge in [0.1, 0.15) is 5.82 Å². The molecule has 112 valence electrons. The second-order valence-electron chi connectivity index (χ2n) is 5.34. The summed E-state index contributed by atoms with van der Waals surface area (Å²) >= 11 is 1.83. The van der Waals surface area contributed by atoms with Crippen LogP contribution in [-0.4, -0.2) is 21.6 Å². The molecule has 22 heavy (non-hydrogen) atoms. The minimum atomic E-state index is -0.275. The zero-order valence-corrected chi connectivity index (χ0v) is 12.6. The molecule has 0 saturated heterocycles. The zero-order valence-electron chi connectivity index (χ0n) is 11.8. The highest BCUT2D eigenvalue weighted by atomic mass is 32.1. The van der Waals surface area contributed by atoms with Crippen molar-refractivity contribution in [3.05, 3.63) is 57.9 Å². The van der Waals surface area contributed by atoms with Gasteiger partial charge in [-0.05, 0) is 47.7 Å². The van der Waals surface area contributed by atoms with Crippen LogP contribution >= 0.6 is 11.3 Å². The predicted molar refractivity (Wildman–Crippen MR) is 81.8 cm³/mol. The predicted octanol–water partition coefficient (Wildman–Crippen LogP) is 3.50. The average molecular weight is 315 g/mol. The lowest BCUT2D eigenvalue weighted by Crippen LogP contribution is -2.29. The molecule has 0 saturated carbocycles. The van der Waals surface area contributed by atoms with Crippen LogP contribution in [0.5, 0.6) is 0 Å². The van der Waals surface area contributed by atoms with Crippen LogP contribution in [0.4, 0.5) is 4.39 Å². The highest BCUT2D eigenvalue weighted by Crippen LogP contribution is 2.25. The number of hydrogen-bond acceptors (Lipinski definition) is 5. The molecule has 0 unspecified atom stereocenters. The van der Waals surface area contributed by atoms with Crippen molar-refractivity contribution in [1.29, 1.82) is 0 Å². The fourth-order valence-electron chi connectivity index (χ4n) is 2.66. The molecule has 0 aliphatic carbocycles. The second kappa shape index (κ2) is 5.62. The van der Waals surface area contributed by atoms with Crippen LogP contribution in [0.1, 0.15) is 16.3 Å². The molecule has 3 heterocycles. The van der Waals surface area contributed by atoms with Gasteiger partial charge >= 0.3 is 0 Å². The number of thiophene rings is 1. The standard InChI is InChI=1S/C16H14FN3OS/c17-13-3-1-11(2-4-13)16-19-18-15(21-16)10-20-7-5-14-12(9-20)6-8-22-14/h1-4,6,8H,5,7,9-10H2. The van der Waals surface area contributed by atoms with Gasteiger partial charge in [-0.2, -0.15) is 0 Å². The van der Waals surface area contributed by atoms with Gasteiger partial charge in [0.15, 0.2) is 0 Å². The summed E-state index contributed by atoms with van der Waals surface area (Å²) in [6.45, 7) is 2.57. The molecule has 1 aliphatic rings. The van der Waals surface area contributed by atoms with Gasteiger partial charge < -0.3 is 4.42 Å². The Hall–Kier alpha value is -2.05. The van der Waals surface area contributed by atoms with Crippen LogP contribution in [0.3, 0.4) is 0 Å². The lowest BCUT2D eigenvalue weighted by atomic mass is 10.1. The van der Waals surface area contributed by atoms with E-state index in [1.54, 1.807) is 12.1 Å². The average Bonchev–Trinajstić information content (AvgIpc) is 3.17. The summed E-state index contributed by atoms with van der Waals surface area (Å²) < 4.78 is 18.6. The molecule has 0 amide bonds. The van der Waals surface area contributed by atoms with Gasteiger partial charge in [-0.3, -0.25) is 4.90 Å². The first-order chi connectivity index (χ1) is 10.8. The molecule has 6 heteroatoms. The third-order valence-electron chi connectivity index (χ3n) is 3.80. The number of hydrogen-bond donors (Lipinski definition) is 0. The Bertz CT molecular complexity index is 781. The molecule has 4 rings (SSSR count). The summed E-state index contributed by atoms with van der Waals surface area (Å²) in [6.07, 6.45) is 1.08. The second-order valence-corrected chi connectivity index (χ2v) is 6.34. The van der Waals surface area contributed by atoms with Crippen LogP contribution in [0.15, 0.2) is 40.1 Å². The topological polar surface area (TPSA) is 42.2 Å². The Morgan fingerprint density at radius 2 is 2.05 bits per heavy atom. The van der Waals surface area contributed by atoms with Crippen LogP contribution in [0.2, 0.25) is 0 Å². The molecule has 0 radical (unpaired) electrons. The molecular weight excluding hydrogens is 301 g/mol. The third kappa shape index (κ3) is 2.67. The molecule has 3 aromatic rings. The van der Waals surface area contributed by atoms with Crippen LogP contribution in [-0.2, 0) is 19.5 Å². The Morgan fingerprint density at radius 3 is 2.91 bits per heavy atom. The fourth-order valence-corrected chi connectivity index (χ4v) is 3.55. The summed E-state index contributed by atoms with van der Waals surface area (Å²) in [4.78, 5) is 3.78. The van der Waals surface area contributed by atoms with Crippen molar-refractivity contribution in [2.45, 2.75) is 19.5 Å². The summed E-state index contributed by atoms with van der Waals surface area (Å²) in [6, 6.07) is 8.25. The van der Waals surface area contributed by atoms with Crippen molar-refractivity contribution in [2.75, 3.05) is 6.54 Å². The molecule has 0 fully saturated rings. The molecule has 1 aromatic carbocycles. The Morgan fingerprint density at radius 1 is 1.18 bits per heavy atom. The molecule has 0 atom stereocenters. The van der Waals surface area contributed by atoms with E-state index in [2.05, 4.69) is 26.5 Å². The van der Waals surface area contributed by atoms with E-state index in [0.29, 0.717) is 18.3 Å². The first-order valence-corrected chi connectivity index (χ1v) is 8.02. The Kier molecular flexibility index (Phi) is 3.48. The Labute approximate surface area is 131 Å². The number of halogens is 1. The molecule has 0 N–H and O–H groups in total. The first-order valence-electron chi connectivity index (χ1n) is 7.14. The third-order valence-corrected chi connectivity index (χ3v) is 4.83. The van der Waals surface area contributed by atoms with Gasteiger partial charge in [0.25, 0.3) is 0 Å². The van der Waals surface area contributed by atoms with Crippen molar-refractivity contribution < 1.29 is 8.81 Å². The first kappa shape index (κ1) is 13.6. The smallest absolute Gasteiger partial charge is 0.247 e. The number of nitrogens with zero attached hydrogens (tertiary/aromatic N) is 3. The zero-order chi connectivity index (χ0) is 14.9. The highest BCUT2D eigenvalue weighted by molar-refractivity contribution is 7.10. The van der Waals surface area contributed by atoms with Crippen molar-refractivity contribution in [1.82, 2.24) is 15.1 Å². The van der Waals surface area contributed by atoms with E-state index in [-0.39, 0.29) is 5.82 Å². The molecule has 0 bridgehead atoms. The monoisotopic (exact) mass is 315 g/mol. The minimum Gasteiger partial charge on any atom is -0.419 e. The molecule has 1 aliphatic heterocycles. The fraction of sp³-hybridized carbons (Fsp3) is 0.250. The van der Waals surface area contributed by atoms with Gasteiger partial charge in [-0.15, -0.1) is 21.5 Å². The molecule has 2 aromatic heterocycles. The lowest BCUT2D eigenvalue weighted by Gasteiger charge is -2.25. The van der Waals surface area contributed by atoms with Crippen LogP contribution in [0.25, 0.3) is 11.5 Å². The maximum absolute atomic E-state index is 12.9. The van der Waals surface area contributed by atoms with E-state index in [0.717, 1.165) is 25.1 Å². The quantitative estimate of drug-likeness (QED) is 0.742. The maximum atomic E-state index is 12.9. The SMILES string of the molecule is Fc1ccc(-c2nnc(CN3CCc4sccc4C3)o2)cc1. The number of rotatable bonds is 3. The van der Waals surface area contributed by atoms with E-state index < -0.39 is 0 Å². The molecular formula is C16H14FN3OS. The van der Waals surface area contributed by atoms with Crippen molar-refractivity contribution in [2.24, 2.45) is 0 Å². The minimum absolute atomic E-state index is 0.275. The number of aromatic nitrogens is 2. The summed E-state index contributed by atoms with van der Waals surface area (Å²) in [5.74, 6) is 0.754. The number of fused-ring (bicyclic) bond motifs is 1. The summed E-state index contributed by atoms with van der Waals surface area (Å²) in [7, 11) is 0. The van der Waals surface area contributed by atoms with E-state index in [1.165, 1.54) is 22.6 Å². The van der Waals surface area contributed by atoms with Crippen molar-refractivity contribution in [3.8, 4) is 11.5 Å². The maximum Gasteiger partial charge on any atom is 0.247 e. The number of benzene rings is 1. The van der Waals surface area contributed by atoms with Gasteiger partial charge in [-0.25, -0.2) is 4.39 Å². The van der Waals surface area contributed by atoms with Crippen molar-refractivity contribution in [3.63, 3.8) is 0 Å². The lowest BCUT2D eigenvalue weighted by molar-refractivity contribution is 0.223. The molecule has 4 nitrogen and oxygen atoms in total. The highest BCUT2D eigenvalue weighted by Gasteiger charge is 2.19. The van der Waals surface area contributed by atoms with Crippen LogP contribution < -0.4 is 0 Å². The molecule has 0 spiro atoms. The van der Waals surface area contributed by atoms with E-state index >= 15 is 0 Å². The van der Waals surface area contributed by atoms with Gasteiger partial charge in [0, 0.05) is 23.5 Å². The van der Waals surface area contributed by atoms with E-state index in [9.17, 15) is 4.39 Å². The van der Waals surface area contributed by atoms with Crippen molar-refractivity contribution >= 4 is 11.3 Å². The van der Waals surface area contributed by atoms with E-state index in [1.807, 2.05) is 11.3 Å². The van der Waals surface area contributed by atoms with Gasteiger partial charge in [-0.1, -0.05) is 0 Å². The largest absolute Gasteiger partial charge is 0.419 e. The summed E-state index contributed by atoms with van der Waals surface area (Å²) in [5.41, 5.74) is 2.13. The summed E-state index contributed by atoms with van der Waals surface area (Å²) in [5, 5.41) is 10.3. The normalized spacial score (nSPS) is 15.0.